The van der Waals surface area contributed by atoms with Gasteiger partial charge >= 0.3 is 5.97 Å². The van der Waals surface area contributed by atoms with Crippen LogP contribution in [0.5, 0.6) is 0 Å². The molecule has 0 saturated carbocycles. The molecular formula is C77H140O15SSi5. The normalized spacial score (nSPS) is 30.1. The van der Waals surface area contributed by atoms with E-state index in [1.54, 1.807) is 31.4 Å². The van der Waals surface area contributed by atoms with Crippen molar-refractivity contribution in [2.75, 3.05) is 26.6 Å². The number of fused-ring (bicyclic) bond motifs is 1. The molecule has 1 aromatic carbocycles. The van der Waals surface area contributed by atoms with Crippen LogP contribution in [-0.4, -0.2) is 174 Å². The number of carbonyl (C=O) groups is 1. The molecule has 15 nitrogen and oxygen atoms in total. The first-order chi connectivity index (χ1) is 44.7. The highest BCUT2D eigenvalue weighted by atomic mass is 32.2. The van der Waals surface area contributed by atoms with Crippen molar-refractivity contribution in [3.8, 4) is 0 Å². The fourth-order valence-corrected chi connectivity index (χ4v) is 21.1. The number of hydrogen-bond acceptors (Lipinski definition) is 15. The van der Waals surface area contributed by atoms with Crippen molar-refractivity contribution in [1.29, 1.82) is 0 Å². The van der Waals surface area contributed by atoms with Gasteiger partial charge < -0.3 is 55.3 Å². The number of allylic oxidation sites excluding steroid dienone is 1. The lowest BCUT2D eigenvalue weighted by Crippen LogP contribution is -2.69. The molecule has 0 N–H and O–H groups in total. The minimum atomic E-state index is -3.75. The Kier molecular flexibility index (Phi) is 28.9. The van der Waals surface area contributed by atoms with Crippen LogP contribution in [0.3, 0.4) is 0 Å². The van der Waals surface area contributed by atoms with Gasteiger partial charge in [-0.25, -0.2) is 8.42 Å². The van der Waals surface area contributed by atoms with Crippen molar-refractivity contribution in [3.05, 3.63) is 66.8 Å². The molecule has 564 valence electrons. The second kappa shape index (κ2) is 33.1. The second-order valence-corrected chi connectivity index (χ2v) is 63.3. The fourth-order valence-electron chi connectivity index (χ4n) is 13.2. The lowest BCUT2D eigenvalue weighted by molar-refractivity contribution is -0.267. The van der Waals surface area contributed by atoms with Crippen LogP contribution in [0.15, 0.2) is 71.7 Å². The van der Waals surface area contributed by atoms with Crippen LogP contribution < -0.4 is 0 Å². The minimum absolute atomic E-state index is 0.00552. The number of unbranched alkanes of at least 4 members (excludes halogenated alkanes) is 1. The molecule has 0 bridgehead atoms. The highest BCUT2D eigenvalue weighted by Gasteiger charge is 2.59. The number of esters is 1. The molecule has 7 unspecified atom stereocenters. The van der Waals surface area contributed by atoms with Gasteiger partial charge in [0.15, 0.2) is 51.4 Å². The summed E-state index contributed by atoms with van der Waals surface area (Å²) in [5.74, 6) is -0.730. The Morgan fingerprint density at radius 3 is 1.76 bits per heavy atom. The van der Waals surface area contributed by atoms with E-state index in [9.17, 15) is 13.2 Å². The van der Waals surface area contributed by atoms with Gasteiger partial charge in [0.05, 0.1) is 97.9 Å². The maximum absolute atomic E-state index is 14.4. The Hall–Kier alpha value is -1.50. The molecule has 1 aromatic rings. The van der Waals surface area contributed by atoms with E-state index in [1.165, 1.54) is 7.11 Å². The summed E-state index contributed by atoms with van der Waals surface area (Å²) >= 11 is 0. The Bertz CT molecular complexity index is 2900. The molecule has 17 atom stereocenters. The number of rotatable bonds is 30. The van der Waals surface area contributed by atoms with Crippen LogP contribution in [-0.2, 0) is 69.9 Å². The van der Waals surface area contributed by atoms with Crippen molar-refractivity contribution in [1.82, 2.24) is 0 Å². The third-order valence-corrected chi connectivity index (χ3v) is 49.1. The third-order valence-electron chi connectivity index (χ3n) is 24.8. The first kappa shape index (κ1) is 85.4. The van der Waals surface area contributed by atoms with Crippen LogP contribution in [0, 0.1) is 11.8 Å². The molecule has 5 heterocycles. The molecule has 21 heteroatoms. The van der Waals surface area contributed by atoms with Gasteiger partial charge in [0.25, 0.3) is 0 Å². The first-order valence-electron chi connectivity index (χ1n) is 37.3. The standard InChI is InChI=1S/C77H140O15SSi5/c1-52-45-56(85-64(54(52)3)49-65-60(51-93(79,80)59-38-34-32-35-39-59)68(82-20)66(87-65)47-58(89-95(23,24)74(7,8)9)50-83-94(21,22)73(4,5)6)41-43-61-53(2)46-55(84-61)37-33-31-36-40-63(90-96(25,26)75(10,11)12)70-72(92-98(29,30)77(16,17)18)71(91-97(27,28)76(13,14)15)69-62(88-70)44-42-57(86-69)48-67(78)81-19/h32,34-36,38-40,52,55-58,60-66,68-72H,2-3,31,33,37,41-51H2,1,4-30H3/b40-36+/t52-,55?,56+,57-,58?,60+,61?,62+,63+,64?,65+,66?,68-,69+,70+,71?,72?/m1/s1. The van der Waals surface area contributed by atoms with Crippen LogP contribution in [0.1, 0.15) is 188 Å². The SMILES string of the molecule is C=C1CC(CCC/C=C/[C@H](O[Si](C)(C)C(C)(C)C)[C@@H]2O[C@H]3CC[C@H](CC(=O)OC)O[C@@H]3C(O[Si](C)(C)C(C)(C)C)C2O[Si](C)(C)C(C)(C)C)OC1CC[C@H]1C[C@@H](C)C(=C)C(C[C@@H]2OC(CC(CO[Si](C)(C)C(C)(C)C)O[Si](C)(C)C(C)(C)C)[C@H](OC)[C@H]2CS(=O)(=O)c2ccccc2)O1. The van der Waals surface area contributed by atoms with E-state index in [2.05, 4.69) is 202 Å². The summed E-state index contributed by atoms with van der Waals surface area (Å²) in [5, 5.41) is -0.332. The molecule has 98 heavy (non-hydrogen) atoms. The van der Waals surface area contributed by atoms with E-state index in [4.69, 9.17) is 55.3 Å². The van der Waals surface area contributed by atoms with Crippen molar-refractivity contribution in [2.24, 2.45) is 11.8 Å². The highest BCUT2D eigenvalue weighted by Crippen LogP contribution is 2.49. The molecular weight excluding hydrogens is 1340 g/mol. The lowest BCUT2D eigenvalue weighted by atomic mass is 9.83. The smallest absolute Gasteiger partial charge is 0.308 e. The van der Waals surface area contributed by atoms with Gasteiger partial charge in [0.2, 0.25) is 0 Å². The van der Waals surface area contributed by atoms with Gasteiger partial charge in [-0.1, -0.05) is 154 Å². The molecule has 0 aromatic heterocycles. The fraction of sp³-hybridized carbons (Fsp3) is 0.831. The Labute approximate surface area is 602 Å². The average molecular weight is 1480 g/mol. The zero-order valence-electron chi connectivity index (χ0n) is 66.7. The summed E-state index contributed by atoms with van der Waals surface area (Å²) in [6.07, 6.45) is 7.76. The van der Waals surface area contributed by atoms with Crippen molar-refractivity contribution >= 4 is 57.4 Å². The first-order valence-corrected chi connectivity index (χ1v) is 53.5. The molecule has 5 saturated heterocycles. The Morgan fingerprint density at radius 2 is 1.19 bits per heavy atom. The van der Waals surface area contributed by atoms with E-state index < -0.39 is 106 Å². The quantitative estimate of drug-likeness (QED) is 0.0309. The molecule has 6 rings (SSSR count). The number of methoxy groups -OCH3 is 2. The topological polar surface area (TPSA) is 162 Å². The van der Waals surface area contributed by atoms with E-state index in [-0.39, 0.29) is 96.9 Å². The number of ether oxygens (including phenoxy) is 7. The monoisotopic (exact) mass is 1480 g/mol. The third kappa shape index (κ3) is 21.8. The van der Waals surface area contributed by atoms with E-state index in [1.807, 2.05) is 6.07 Å². The summed E-state index contributed by atoms with van der Waals surface area (Å²) in [4.78, 5) is 13.0. The van der Waals surface area contributed by atoms with Crippen molar-refractivity contribution in [3.63, 3.8) is 0 Å². The van der Waals surface area contributed by atoms with Gasteiger partial charge in [-0.05, 0) is 178 Å². The summed E-state index contributed by atoms with van der Waals surface area (Å²) in [7, 11) is -12.5. The summed E-state index contributed by atoms with van der Waals surface area (Å²) in [5.41, 5.74) is 2.13. The summed E-state index contributed by atoms with van der Waals surface area (Å²) in [6.45, 7) is 68.8. The minimum Gasteiger partial charge on any atom is -0.469 e. The second-order valence-electron chi connectivity index (χ2n) is 37.5. The molecule has 0 spiro atoms. The zero-order valence-corrected chi connectivity index (χ0v) is 72.5. The van der Waals surface area contributed by atoms with Gasteiger partial charge in [-0.15, -0.1) is 0 Å². The highest BCUT2D eigenvalue weighted by molar-refractivity contribution is 7.91. The van der Waals surface area contributed by atoms with Gasteiger partial charge in [0.1, 0.15) is 24.4 Å². The van der Waals surface area contributed by atoms with Crippen molar-refractivity contribution < 1.29 is 68.5 Å². The maximum Gasteiger partial charge on any atom is 0.308 e. The molecule has 5 aliphatic heterocycles. The summed E-state index contributed by atoms with van der Waals surface area (Å²) < 4.78 is 113. The summed E-state index contributed by atoms with van der Waals surface area (Å²) in [6, 6.07) is 8.74. The van der Waals surface area contributed by atoms with Crippen molar-refractivity contribution in [2.45, 2.75) is 375 Å². The van der Waals surface area contributed by atoms with Crippen LogP contribution in [0.2, 0.25) is 90.7 Å². The molecule has 5 aliphatic rings. The zero-order chi connectivity index (χ0) is 74.0. The number of benzene rings is 1. The molecule has 0 amide bonds. The van der Waals surface area contributed by atoms with E-state index in [0.29, 0.717) is 32.3 Å². The Morgan fingerprint density at radius 1 is 0.633 bits per heavy atom. The predicted molar refractivity (Wildman–Crippen MR) is 412 cm³/mol. The number of hydrogen-bond donors (Lipinski definition) is 0. The average Bonchev–Trinajstić information content (AvgIpc) is 0.770. The van der Waals surface area contributed by atoms with Crippen LogP contribution >= 0.6 is 0 Å². The van der Waals surface area contributed by atoms with Crippen LogP contribution in [0.4, 0.5) is 0 Å². The van der Waals surface area contributed by atoms with E-state index in [0.717, 1.165) is 56.1 Å². The van der Waals surface area contributed by atoms with Gasteiger partial charge in [-0.2, -0.15) is 0 Å². The maximum atomic E-state index is 14.4. The Balaban J connectivity index is 1.18. The largest absolute Gasteiger partial charge is 0.469 e. The van der Waals surface area contributed by atoms with Gasteiger partial charge in [0, 0.05) is 25.9 Å². The number of carbonyl (C=O) groups excluding carboxylic acids is 1. The molecule has 5 fully saturated rings. The number of sulfone groups is 1. The van der Waals surface area contributed by atoms with Gasteiger partial charge in [-0.3, -0.25) is 4.79 Å². The predicted octanol–water partition coefficient (Wildman–Crippen LogP) is 18.7. The molecule has 0 radical (unpaired) electrons. The van der Waals surface area contributed by atoms with E-state index >= 15 is 0 Å². The lowest BCUT2D eigenvalue weighted by Gasteiger charge is -2.56. The molecule has 0 aliphatic carbocycles. The van der Waals surface area contributed by atoms with Crippen LogP contribution in [0.25, 0.3) is 0 Å².